The van der Waals surface area contributed by atoms with E-state index in [-0.39, 0.29) is 13.2 Å². The molecule has 0 spiro atoms. The average Bonchev–Trinajstić information content (AvgIpc) is 2.26. The van der Waals surface area contributed by atoms with Crippen molar-refractivity contribution in [1.29, 1.82) is 0 Å². The smallest absolute Gasteiger partial charge is 0.343 e. The summed E-state index contributed by atoms with van der Waals surface area (Å²) in [6, 6.07) is 6.98. The molecule has 0 saturated carbocycles. The zero-order valence-corrected chi connectivity index (χ0v) is 7.90. The molecule has 14 heavy (non-hydrogen) atoms. The van der Waals surface area contributed by atoms with Crippen molar-refractivity contribution in [2.75, 3.05) is 13.7 Å². The summed E-state index contributed by atoms with van der Waals surface area (Å²) < 4.78 is 9.57. The summed E-state index contributed by atoms with van der Waals surface area (Å²) in [4.78, 5) is 10.8. The standard InChI is InChI=1S/C10H12O4/c1-13-10(12)7-14-9-5-3-2-4-8(9)6-11/h2-5,11H,6-7H2,1H3. The molecule has 0 heterocycles. The molecule has 0 aromatic heterocycles. The molecule has 76 valence electrons. The highest BCUT2D eigenvalue weighted by molar-refractivity contribution is 5.70. The van der Waals surface area contributed by atoms with Gasteiger partial charge in [-0.3, -0.25) is 0 Å². The van der Waals surface area contributed by atoms with Crippen molar-refractivity contribution >= 4 is 5.97 Å². The van der Waals surface area contributed by atoms with Crippen molar-refractivity contribution in [2.45, 2.75) is 6.61 Å². The molecule has 0 aliphatic carbocycles. The van der Waals surface area contributed by atoms with Crippen LogP contribution in [0.2, 0.25) is 0 Å². The molecule has 0 aliphatic rings. The van der Waals surface area contributed by atoms with Crippen molar-refractivity contribution in [3.63, 3.8) is 0 Å². The minimum atomic E-state index is -0.447. The second-order valence-electron chi connectivity index (χ2n) is 2.63. The summed E-state index contributed by atoms with van der Waals surface area (Å²) in [6.07, 6.45) is 0. The van der Waals surface area contributed by atoms with Crippen molar-refractivity contribution in [1.82, 2.24) is 0 Å². The predicted octanol–water partition coefficient (Wildman–Crippen LogP) is 0.731. The Hall–Kier alpha value is -1.55. The van der Waals surface area contributed by atoms with E-state index in [1.165, 1.54) is 7.11 Å². The quantitative estimate of drug-likeness (QED) is 0.721. The topological polar surface area (TPSA) is 55.8 Å². The van der Waals surface area contributed by atoms with Crippen LogP contribution in [0.3, 0.4) is 0 Å². The molecular formula is C10H12O4. The van der Waals surface area contributed by atoms with Crippen molar-refractivity contribution in [2.24, 2.45) is 0 Å². The van der Waals surface area contributed by atoms with E-state index in [0.29, 0.717) is 11.3 Å². The number of ether oxygens (including phenoxy) is 2. The minimum absolute atomic E-state index is 0.114. The van der Waals surface area contributed by atoms with Crippen LogP contribution >= 0.6 is 0 Å². The molecule has 4 heteroatoms. The highest BCUT2D eigenvalue weighted by Gasteiger charge is 2.04. The lowest BCUT2D eigenvalue weighted by molar-refractivity contribution is -0.142. The lowest BCUT2D eigenvalue weighted by Crippen LogP contribution is -2.13. The third-order valence-corrected chi connectivity index (χ3v) is 1.72. The Morgan fingerprint density at radius 1 is 1.43 bits per heavy atom. The fraction of sp³-hybridized carbons (Fsp3) is 0.300. The lowest BCUT2D eigenvalue weighted by atomic mass is 10.2. The lowest BCUT2D eigenvalue weighted by Gasteiger charge is -2.08. The summed E-state index contributed by atoms with van der Waals surface area (Å²) in [5.74, 6) is 0.0538. The van der Waals surface area contributed by atoms with Gasteiger partial charge in [-0.1, -0.05) is 18.2 Å². The van der Waals surface area contributed by atoms with E-state index in [1.54, 1.807) is 24.3 Å². The van der Waals surface area contributed by atoms with Gasteiger partial charge in [0, 0.05) is 5.56 Å². The van der Waals surface area contributed by atoms with Crippen LogP contribution in [0.1, 0.15) is 5.56 Å². The van der Waals surface area contributed by atoms with E-state index in [2.05, 4.69) is 4.74 Å². The number of carbonyl (C=O) groups excluding carboxylic acids is 1. The van der Waals surface area contributed by atoms with E-state index in [1.807, 2.05) is 0 Å². The van der Waals surface area contributed by atoms with Crippen molar-refractivity contribution < 1.29 is 19.4 Å². The fourth-order valence-electron chi connectivity index (χ4n) is 0.971. The van der Waals surface area contributed by atoms with Crippen LogP contribution in [0.25, 0.3) is 0 Å². The summed E-state index contributed by atoms with van der Waals surface area (Å²) >= 11 is 0. The first kappa shape index (κ1) is 10.5. The monoisotopic (exact) mass is 196 g/mol. The predicted molar refractivity (Wildman–Crippen MR) is 49.9 cm³/mol. The molecule has 0 atom stereocenters. The number of methoxy groups -OCH3 is 1. The van der Waals surface area contributed by atoms with Gasteiger partial charge in [0.1, 0.15) is 5.75 Å². The SMILES string of the molecule is COC(=O)COc1ccccc1CO. The second kappa shape index (κ2) is 5.24. The maximum atomic E-state index is 10.8. The van der Waals surface area contributed by atoms with Crippen LogP contribution in [-0.4, -0.2) is 24.8 Å². The Morgan fingerprint density at radius 2 is 2.14 bits per heavy atom. The van der Waals surface area contributed by atoms with Gasteiger partial charge in [0.2, 0.25) is 0 Å². The highest BCUT2D eigenvalue weighted by Crippen LogP contribution is 2.17. The first-order valence-corrected chi connectivity index (χ1v) is 4.16. The number of para-hydroxylation sites is 1. The van der Waals surface area contributed by atoms with Crippen LogP contribution in [0.5, 0.6) is 5.75 Å². The van der Waals surface area contributed by atoms with Gasteiger partial charge in [0.05, 0.1) is 13.7 Å². The Labute approximate surface area is 82.1 Å². The van der Waals surface area contributed by atoms with E-state index in [4.69, 9.17) is 9.84 Å². The molecular weight excluding hydrogens is 184 g/mol. The largest absolute Gasteiger partial charge is 0.482 e. The molecule has 0 bridgehead atoms. The van der Waals surface area contributed by atoms with Crippen LogP contribution in [-0.2, 0) is 16.1 Å². The molecule has 0 amide bonds. The van der Waals surface area contributed by atoms with Crippen molar-refractivity contribution in [3.05, 3.63) is 29.8 Å². The van der Waals surface area contributed by atoms with E-state index in [9.17, 15) is 4.79 Å². The molecule has 0 radical (unpaired) electrons. The number of hydrogen-bond donors (Lipinski definition) is 1. The van der Waals surface area contributed by atoms with E-state index < -0.39 is 5.97 Å². The molecule has 1 aromatic carbocycles. The van der Waals surface area contributed by atoms with Gasteiger partial charge in [0.25, 0.3) is 0 Å². The number of aliphatic hydroxyl groups excluding tert-OH is 1. The summed E-state index contributed by atoms with van der Waals surface area (Å²) in [5.41, 5.74) is 0.649. The van der Waals surface area contributed by atoms with E-state index in [0.717, 1.165) is 0 Å². The van der Waals surface area contributed by atoms with Crippen LogP contribution in [0.15, 0.2) is 24.3 Å². The maximum Gasteiger partial charge on any atom is 0.343 e. The number of carbonyl (C=O) groups is 1. The van der Waals surface area contributed by atoms with Gasteiger partial charge in [0.15, 0.2) is 6.61 Å². The first-order chi connectivity index (χ1) is 6.77. The number of hydrogen-bond acceptors (Lipinski definition) is 4. The Morgan fingerprint density at radius 3 is 2.79 bits per heavy atom. The van der Waals surface area contributed by atoms with Crippen molar-refractivity contribution in [3.8, 4) is 5.75 Å². The van der Waals surface area contributed by atoms with Gasteiger partial charge in [-0.2, -0.15) is 0 Å². The second-order valence-corrected chi connectivity index (χ2v) is 2.63. The summed E-state index contributed by atoms with van der Waals surface area (Å²) in [5, 5.41) is 8.94. The fourth-order valence-corrected chi connectivity index (χ4v) is 0.971. The molecule has 1 N–H and O–H groups in total. The minimum Gasteiger partial charge on any atom is -0.482 e. The average molecular weight is 196 g/mol. The van der Waals surface area contributed by atoms with Crippen LogP contribution in [0, 0.1) is 0 Å². The number of benzene rings is 1. The number of rotatable bonds is 4. The molecule has 0 aliphatic heterocycles. The molecule has 0 saturated heterocycles. The maximum absolute atomic E-state index is 10.8. The highest BCUT2D eigenvalue weighted by atomic mass is 16.6. The number of esters is 1. The Kier molecular flexibility index (Phi) is 3.94. The molecule has 4 nitrogen and oxygen atoms in total. The normalized spacial score (nSPS) is 9.57. The Bertz CT molecular complexity index is 309. The van der Waals surface area contributed by atoms with E-state index >= 15 is 0 Å². The van der Waals surface area contributed by atoms with Crippen LogP contribution < -0.4 is 4.74 Å². The van der Waals surface area contributed by atoms with Gasteiger partial charge >= 0.3 is 5.97 Å². The molecule has 1 aromatic rings. The van der Waals surface area contributed by atoms with Gasteiger partial charge in [-0.25, -0.2) is 4.79 Å². The zero-order valence-electron chi connectivity index (χ0n) is 7.90. The van der Waals surface area contributed by atoms with Gasteiger partial charge in [-0.15, -0.1) is 0 Å². The molecule has 0 fully saturated rings. The molecule has 1 rings (SSSR count). The summed E-state index contributed by atoms with van der Waals surface area (Å²) in [6.45, 7) is -0.259. The van der Waals surface area contributed by atoms with Crippen LogP contribution in [0.4, 0.5) is 0 Å². The molecule has 0 unspecified atom stereocenters. The summed E-state index contributed by atoms with van der Waals surface area (Å²) in [7, 11) is 1.30. The first-order valence-electron chi connectivity index (χ1n) is 4.16. The van der Waals surface area contributed by atoms with Gasteiger partial charge < -0.3 is 14.6 Å². The Balaban J connectivity index is 2.61. The third kappa shape index (κ3) is 2.74. The number of aliphatic hydroxyl groups is 1. The third-order valence-electron chi connectivity index (χ3n) is 1.72. The van der Waals surface area contributed by atoms with Gasteiger partial charge in [-0.05, 0) is 6.07 Å². The zero-order chi connectivity index (χ0) is 10.4.